The Hall–Kier alpha value is -4.48. The highest BCUT2D eigenvalue weighted by Gasteiger charge is 2.39. The van der Waals surface area contributed by atoms with Gasteiger partial charge in [-0.05, 0) is 59.4 Å². The minimum Gasteiger partial charge on any atom is -0.492 e. The molecule has 1 aliphatic heterocycles. The second-order valence-corrected chi connectivity index (χ2v) is 10.1. The molecule has 3 aromatic carbocycles. The summed E-state index contributed by atoms with van der Waals surface area (Å²) in [6.45, 7) is 1.75. The van der Waals surface area contributed by atoms with E-state index in [2.05, 4.69) is 10.2 Å². The highest BCUT2D eigenvalue weighted by Crippen LogP contribution is 2.47. The van der Waals surface area contributed by atoms with Crippen LogP contribution in [0.5, 0.6) is 11.5 Å². The van der Waals surface area contributed by atoms with Crippen LogP contribution in [-0.2, 0) is 22.1 Å². The molecule has 7 nitrogen and oxygen atoms in total. The first-order valence-electron chi connectivity index (χ1n) is 13.1. The first-order chi connectivity index (χ1) is 20.0. The van der Waals surface area contributed by atoms with E-state index >= 15 is 8.78 Å². The average molecular weight is 587 g/mol. The molecular weight excluding hydrogens is 563 g/mol. The SMILES string of the molecule is COC(=O)C[C@@H]1COc2cc(O[C@@H]3CCc4c3ccc(C(F)(F)F)c4-c3cc(F)c(-c4nnc(C)o4)c(F)c3)ccc21. The van der Waals surface area contributed by atoms with E-state index in [0.29, 0.717) is 35.7 Å². The maximum Gasteiger partial charge on any atom is 0.417 e. The van der Waals surface area contributed by atoms with Crippen molar-refractivity contribution >= 4 is 5.97 Å². The summed E-state index contributed by atoms with van der Waals surface area (Å²) in [6.07, 6.45) is -4.69. The molecule has 2 atom stereocenters. The predicted octanol–water partition coefficient (Wildman–Crippen LogP) is 7.11. The maximum absolute atomic E-state index is 15.2. The van der Waals surface area contributed by atoms with Crippen LogP contribution in [0.2, 0.25) is 0 Å². The fourth-order valence-corrected chi connectivity index (χ4v) is 5.62. The van der Waals surface area contributed by atoms with Gasteiger partial charge in [0, 0.05) is 24.5 Å². The molecule has 2 aliphatic rings. The number of alkyl halides is 3. The Morgan fingerprint density at radius 3 is 2.43 bits per heavy atom. The Bertz CT molecular complexity index is 1680. The van der Waals surface area contributed by atoms with Gasteiger partial charge >= 0.3 is 12.1 Å². The third kappa shape index (κ3) is 4.94. The minimum atomic E-state index is -4.78. The zero-order chi connectivity index (χ0) is 29.8. The molecule has 0 N–H and O–H groups in total. The van der Waals surface area contributed by atoms with Crippen LogP contribution in [0.15, 0.2) is 46.9 Å². The van der Waals surface area contributed by atoms with Crippen LogP contribution in [0.1, 0.15) is 53.0 Å². The van der Waals surface area contributed by atoms with Crippen LogP contribution in [-0.4, -0.2) is 29.9 Å². The third-order valence-electron chi connectivity index (χ3n) is 7.51. The fourth-order valence-electron chi connectivity index (χ4n) is 5.62. The zero-order valence-electron chi connectivity index (χ0n) is 22.4. The van der Waals surface area contributed by atoms with Gasteiger partial charge in [-0.15, -0.1) is 10.2 Å². The van der Waals surface area contributed by atoms with Crippen molar-refractivity contribution in [2.24, 2.45) is 0 Å². The number of aryl methyl sites for hydroxylation is 1. The summed E-state index contributed by atoms with van der Waals surface area (Å²) in [5, 5.41) is 7.18. The predicted molar refractivity (Wildman–Crippen MR) is 138 cm³/mol. The third-order valence-corrected chi connectivity index (χ3v) is 7.51. The van der Waals surface area contributed by atoms with E-state index in [1.807, 2.05) is 0 Å². The van der Waals surface area contributed by atoms with Gasteiger partial charge in [-0.3, -0.25) is 4.79 Å². The highest BCUT2D eigenvalue weighted by atomic mass is 19.4. The molecule has 0 fully saturated rings. The Kier molecular flexibility index (Phi) is 6.86. The summed E-state index contributed by atoms with van der Waals surface area (Å²) in [6, 6.07) is 9.13. The number of methoxy groups -OCH3 is 1. The van der Waals surface area contributed by atoms with Gasteiger partial charge in [0.2, 0.25) is 5.89 Å². The van der Waals surface area contributed by atoms with Crippen molar-refractivity contribution in [3.63, 3.8) is 0 Å². The molecule has 0 radical (unpaired) electrons. The molecule has 0 saturated carbocycles. The molecule has 2 heterocycles. The summed E-state index contributed by atoms with van der Waals surface area (Å²) in [4.78, 5) is 11.7. The van der Waals surface area contributed by atoms with Gasteiger partial charge in [-0.2, -0.15) is 13.2 Å². The number of nitrogens with zero attached hydrogens (tertiary/aromatic N) is 2. The molecule has 0 unspecified atom stereocenters. The number of esters is 1. The second kappa shape index (κ2) is 10.4. The van der Waals surface area contributed by atoms with E-state index in [4.69, 9.17) is 18.6 Å². The van der Waals surface area contributed by atoms with E-state index in [1.54, 1.807) is 18.2 Å². The van der Waals surface area contributed by atoms with Gasteiger partial charge in [-0.25, -0.2) is 8.78 Å². The molecule has 42 heavy (non-hydrogen) atoms. The normalized spacial score (nSPS) is 17.5. The van der Waals surface area contributed by atoms with Crippen molar-refractivity contribution in [1.82, 2.24) is 10.2 Å². The summed E-state index contributed by atoms with van der Waals surface area (Å²) in [5.41, 5.74) is -0.581. The van der Waals surface area contributed by atoms with Gasteiger partial charge in [0.05, 0.1) is 25.7 Å². The Labute approximate surface area is 236 Å². The van der Waals surface area contributed by atoms with Crippen molar-refractivity contribution in [1.29, 1.82) is 0 Å². The molecule has 0 bridgehead atoms. The summed E-state index contributed by atoms with van der Waals surface area (Å²) >= 11 is 0. The number of hydrogen-bond acceptors (Lipinski definition) is 7. The highest BCUT2D eigenvalue weighted by molar-refractivity contribution is 5.76. The molecular formula is C30H23F5N2O5. The van der Waals surface area contributed by atoms with Crippen molar-refractivity contribution in [2.45, 2.75) is 44.4 Å². The Balaban J connectivity index is 1.34. The number of hydrogen-bond donors (Lipinski definition) is 0. The number of halogens is 5. The number of carbonyl (C=O) groups is 1. The van der Waals surface area contributed by atoms with E-state index in [9.17, 15) is 18.0 Å². The number of aromatic nitrogens is 2. The number of fused-ring (bicyclic) bond motifs is 2. The molecule has 6 rings (SSSR count). The van der Waals surface area contributed by atoms with Gasteiger partial charge in [0.15, 0.2) is 0 Å². The van der Waals surface area contributed by atoms with Gasteiger partial charge in [0.25, 0.3) is 5.89 Å². The molecule has 0 amide bonds. The van der Waals surface area contributed by atoms with Crippen LogP contribution >= 0.6 is 0 Å². The van der Waals surface area contributed by atoms with Crippen LogP contribution in [0.25, 0.3) is 22.6 Å². The minimum absolute atomic E-state index is 0.0788. The van der Waals surface area contributed by atoms with E-state index in [-0.39, 0.29) is 41.7 Å². The lowest BCUT2D eigenvalue weighted by atomic mass is 9.90. The van der Waals surface area contributed by atoms with Crippen molar-refractivity contribution in [3.05, 3.63) is 82.2 Å². The Morgan fingerprint density at radius 2 is 1.76 bits per heavy atom. The van der Waals surface area contributed by atoms with Crippen molar-refractivity contribution in [2.75, 3.05) is 13.7 Å². The quantitative estimate of drug-likeness (QED) is 0.176. The standard InChI is InChI=1S/C30H23F5N2O5/c1-14-36-37-29(41-14)28-22(31)9-15(10-23(28)32)27-20-6-8-24(19(20)5-7-21(27)30(33,34)35)42-17-3-4-18-16(11-26(38)39-2)13-40-25(18)12-17/h3-5,7,9-10,12,16,24H,6,8,11,13H2,1-2H3/t16-,24-/m1/s1. The zero-order valence-corrected chi connectivity index (χ0v) is 22.4. The smallest absolute Gasteiger partial charge is 0.417 e. The number of carbonyl (C=O) groups excluding carboxylic acids is 1. The van der Waals surface area contributed by atoms with Gasteiger partial charge in [0.1, 0.15) is 34.8 Å². The topological polar surface area (TPSA) is 83.7 Å². The number of ether oxygens (including phenoxy) is 3. The van der Waals surface area contributed by atoms with E-state index in [1.165, 1.54) is 20.1 Å². The van der Waals surface area contributed by atoms with Crippen LogP contribution in [0.4, 0.5) is 22.0 Å². The van der Waals surface area contributed by atoms with Crippen molar-refractivity contribution in [3.8, 4) is 34.1 Å². The van der Waals surface area contributed by atoms with Gasteiger partial charge in [-0.1, -0.05) is 12.1 Å². The lowest BCUT2D eigenvalue weighted by molar-refractivity contribution is -0.141. The fraction of sp³-hybridized carbons (Fsp3) is 0.300. The molecule has 1 aromatic heterocycles. The van der Waals surface area contributed by atoms with Crippen LogP contribution < -0.4 is 9.47 Å². The Morgan fingerprint density at radius 1 is 1.02 bits per heavy atom. The summed E-state index contributed by atoms with van der Waals surface area (Å²) < 4.78 is 94.6. The monoisotopic (exact) mass is 586 g/mol. The molecule has 4 aromatic rings. The van der Waals surface area contributed by atoms with Crippen LogP contribution in [0, 0.1) is 18.6 Å². The second-order valence-electron chi connectivity index (χ2n) is 10.1. The number of benzene rings is 3. The summed E-state index contributed by atoms with van der Waals surface area (Å²) in [7, 11) is 1.32. The summed E-state index contributed by atoms with van der Waals surface area (Å²) in [5.74, 6) is -2.12. The largest absolute Gasteiger partial charge is 0.492 e. The van der Waals surface area contributed by atoms with E-state index in [0.717, 1.165) is 23.8 Å². The van der Waals surface area contributed by atoms with Crippen LogP contribution in [0.3, 0.4) is 0 Å². The lowest BCUT2D eigenvalue weighted by Crippen LogP contribution is -2.11. The molecule has 218 valence electrons. The molecule has 0 spiro atoms. The first-order valence-corrected chi connectivity index (χ1v) is 13.1. The lowest BCUT2D eigenvalue weighted by Gasteiger charge is -2.20. The molecule has 12 heteroatoms. The molecule has 0 saturated heterocycles. The average Bonchev–Trinajstić information content (AvgIpc) is 3.66. The molecule has 1 aliphatic carbocycles. The number of rotatable bonds is 6. The van der Waals surface area contributed by atoms with Gasteiger partial charge < -0.3 is 18.6 Å². The maximum atomic E-state index is 15.2. The van der Waals surface area contributed by atoms with Crippen molar-refractivity contribution < 1.29 is 45.4 Å². The first kappa shape index (κ1) is 27.7. The van der Waals surface area contributed by atoms with E-state index < -0.39 is 40.9 Å².